The number of ketones is 1. The molecule has 0 unspecified atom stereocenters. The van der Waals surface area contributed by atoms with Crippen LogP contribution in [0.3, 0.4) is 0 Å². The highest BCUT2D eigenvalue weighted by Gasteiger charge is 2.29. The summed E-state index contributed by atoms with van der Waals surface area (Å²) in [6, 6.07) is 4.37. The molecular formula is C12H12O. The van der Waals surface area contributed by atoms with Gasteiger partial charge in [-0.25, -0.2) is 0 Å². The molecule has 0 radical (unpaired) electrons. The summed E-state index contributed by atoms with van der Waals surface area (Å²) in [5.41, 5.74) is 5.17. The molecule has 66 valence electrons. The van der Waals surface area contributed by atoms with Crippen LogP contribution < -0.4 is 0 Å². The number of benzene rings is 1. The standard InChI is InChI=1S/C12H12O/c1-7-4-10-5-8-2-3-9(8)6-11(10)12(7)13/h5-7H,2-4H2,1H3/t7-/m0/s1. The molecule has 1 aromatic rings. The monoisotopic (exact) mass is 172 g/mol. The van der Waals surface area contributed by atoms with E-state index in [1.807, 2.05) is 6.92 Å². The van der Waals surface area contributed by atoms with Crippen molar-refractivity contribution in [1.29, 1.82) is 0 Å². The van der Waals surface area contributed by atoms with Gasteiger partial charge in [0, 0.05) is 11.5 Å². The third-order valence-corrected chi connectivity index (χ3v) is 3.33. The fraction of sp³-hybridized carbons (Fsp3) is 0.417. The van der Waals surface area contributed by atoms with Crippen LogP contribution in [0.25, 0.3) is 0 Å². The van der Waals surface area contributed by atoms with Crippen molar-refractivity contribution in [2.75, 3.05) is 0 Å². The fourth-order valence-corrected chi connectivity index (χ4v) is 2.38. The van der Waals surface area contributed by atoms with Crippen LogP contribution in [0.5, 0.6) is 0 Å². The Kier molecular flexibility index (Phi) is 1.25. The van der Waals surface area contributed by atoms with Crippen molar-refractivity contribution in [2.24, 2.45) is 5.92 Å². The second-order valence-corrected chi connectivity index (χ2v) is 4.25. The SMILES string of the molecule is C[C@H]1Cc2cc3c(cc2C1=O)CC3. The molecule has 0 saturated heterocycles. The molecule has 2 aliphatic carbocycles. The molecule has 1 aromatic carbocycles. The smallest absolute Gasteiger partial charge is 0.166 e. The van der Waals surface area contributed by atoms with Crippen molar-refractivity contribution in [3.63, 3.8) is 0 Å². The van der Waals surface area contributed by atoms with Crippen LogP contribution in [-0.4, -0.2) is 5.78 Å². The number of aryl methyl sites for hydroxylation is 2. The van der Waals surface area contributed by atoms with Crippen molar-refractivity contribution < 1.29 is 4.79 Å². The lowest BCUT2D eigenvalue weighted by molar-refractivity contribution is 0.0946. The zero-order valence-electron chi connectivity index (χ0n) is 7.76. The highest BCUT2D eigenvalue weighted by Crippen LogP contribution is 2.33. The topological polar surface area (TPSA) is 17.1 Å². The molecule has 0 spiro atoms. The molecule has 2 aliphatic rings. The van der Waals surface area contributed by atoms with E-state index in [0.717, 1.165) is 12.0 Å². The predicted molar refractivity (Wildman–Crippen MR) is 51.0 cm³/mol. The lowest BCUT2D eigenvalue weighted by Crippen LogP contribution is -2.10. The molecule has 0 saturated carbocycles. The molecule has 1 nitrogen and oxygen atoms in total. The van der Waals surface area contributed by atoms with Gasteiger partial charge in [0.1, 0.15) is 0 Å². The van der Waals surface area contributed by atoms with Gasteiger partial charge in [0.25, 0.3) is 0 Å². The molecule has 3 rings (SSSR count). The second-order valence-electron chi connectivity index (χ2n) is 4.25. The summed E-state index contributed by atoms with van der Waals surface area (Å²) >= 11 is 0. The van der Waals surface area contributed by atoms with Crippen molar-refractivity contribution >= 4 is 5.78 Å². The van der Waals surface area contributed by atoms with Crippen LogP contribution in [0.4, 0.5) is 0 Å². The Morgan fingerprint density at radius 1 is 1.15 bits per heavy atom. The Morgan fingerprint density at radius 3 is 2.54 bits per heavy atom. The Morgan fingerprint density at radius 2 is 1.85 bits per heavy atom. The third kappa shape index (κ3) is 0.846. The summed E-state index contributed by atoms with van der Waals surface area (Å²) in [7, 11) is 0. The largest absolute Gasteiger partial charge is 0.294 e. The Labute approximate surface area is 77.8 Å². The molecule has 0 fully saturated rings. The fourth-order valence-electron chi connectivity index (χ4n) is 2.38. The van der Waals surface area contributed by atoms with Crippen molar-refractivity contribution in [3.05, 3.63) is 34.4 Å². The Balaban J connectivity index is 2.20. The molecule has 0 N–H and O–H groups in total. The first kappa shape index (κ1) is 7.31. The minimum atomic E-state index is 0.219. The van der Waals surface area contributed by atoms with E-state index in [4.69, 9.17) is 0 Å². The summed E-state index contributed by atoms with van der Waals surface area (Å²) in [6.45, 7) is 2.03. The molecule has 1 heteroatoms. The molecule has 0 aromatic heterocycles. The maximum atomic E-state index is 11.7. The van der Waals surface area contributed by atoms with E-state index in [-0.39, 0.29) is 5.92 Å². The first-order chi connectivity index (χ1) is 6.25. The van der Waals surface area contributed by atoms with Crippen molar-refractivity contribution in [1.82, 2.24) is 0 Å². The summed E-state index contributed by atoms with van der Waals surface area (Å²) in [6.07, 6.45) is 3.34. The Bertz CT molecular complexity index is 404. The van der Waals surface area contributed by atoms with E-state index >= 15 is 0 Å². The summed E-state index contributed by atoms with van der Waals surface area (Å²) < 4.78 is 0. The van der Waals surface area contributed by atoms with Gasteiger partial charge in [0.15, 0.2) is 5.78 Å². The van der Waals surface area contributed by atoms with Gasteiger partial charge in [-0.1, -0.05) is 13.0 Å². The van der Waals surface area contributed by atoms with Gasteiger partial charge in [-0.2, -0.15) is 0 Å². The van der Waals surface area contributed by atoms with Crippen LogP contribution in [0.2, 0.25) is 0 Å². The van der Waals surface area contributed by atoms with Crippen LogP contribution in [-0.2, 0) is 19.3 Å². The zero-order chi connectivity index (χ0) is 9.00. The van der Waals surface area contributed by atoms with Crippen LogP contribution in [0, 0.1) is 5.92 Å². The van der Waals surface area contributed by atoms with E-state index in [0.29, 0.717) is 5.78 Å². The molecule has 0 amide bonds. The minimum Gasteiger partial charge on any atom is -0.294 e. The van der Waals surface area contributed by atoms with Crippen LogP contribution >= 0.6 is 0 Å². The van der Waals surface area contributed by atoms with Gasteiger partial charge < -0.3 is 0 Å². The number of hydrogen-bond donors (Lipinski definition) is 0. The van der Waals surface area contributed by atoms with Gasteiger partial charge >= 0.3 is 0 Å². The van der Waals surface area contributed by atoms with Crippen molar-refractivity contribution in [3.8, 4) is 0 Å². The first-order valence-corrected chi connectivity index (χ1v) is 4.94. The average molecular weight is 172 g/mol. The number of carbonyl (C=O) groups is 1. The zero-order valence-corrected chi connectivity index (χ0v) is 7.76. The summed E-state index contributed by atoms with van der Waals surface area (Å²) in [4.78, 5) is 11.7. The predicted octanol–water partition coefficient (Wildman–Crippen LogP) is 2.16. The van der Waals surface area contributed by atoms with Crippen molar-refractivity contribution in [2.45, 2.75) is 26.2 Å². The average Bonchev–Trinajstić information content (AvgIpc) is 2.34. The quantitative estimate of drug-likeness (QED) is 0.586. The van der Waals surface area contributed by atoms with E-state index in [1.54, 1.807) is 0 Å². The molecular weight excluding hydrogens is 160 g/mol. The lowest BCUT2D eigenvalue weighted by atomic mass is 9.85. The number of carbonyl (C=O) groups excluding carboxylic acids is 1. The summed E-state index contributed by atoms with van der Waals surface area (Å²) in [5, 5.41) is 0. The number of hydrogen-bond acceptors (Lipinski definition) is 1. The number of rotatable bonds is 0. The highest BCUT2D eigenvalue weighted by molar-refractivity contribution is 6.02. The molecule has 0 heterocycles. The molecule has 0 bridgehead atoms. The van der Waals surface area contributed by atoms with E-state index in [2.05, 4.69) is 12.1 Å². The van der Waals surface area contributed by atoms with Gasteiger partial charge in [-0.3, -0.25) is 4.79 Å². The molecule has 0 aliphatic heterocycles. The normalized spacial score (nSPS) is 23.8. The maximum absolute atomic E-state index is 11.7. The summed E-state index contributed by atoms with van der Waals surface area (Å²) in [5.74, 6) is 0.570. The lowest BCUT2D eigenvalue weighted by Gasteiger charge is -2.19. The van der Waals surface area contributed by atoms with Crippen LogP contribution in [0.1, 0.15) is 34.0 Å². The van der Waals surface area contributed by atoms with Gasteiger partial charge in [0.2, 0.25) is 0 Å². The molecule has 1 atom stereocenters. The minimum absolute atomic E-state index is 0.219. The van der Waals surface area contributed by atoms with Crippen LogP contribution in [0.15, 0.2) is 12.1 Å². The highest BCUT2D eigenvalue weighted by atomic mass is 16.1. The number of fused-ring (bicyclic) bond motifs is 2. The van der Waals surface area contributed by atoms with E-state index in [9.17, 15) is 4.79 Å². The second kappa shape index (κ2) is 2.22. The van der Waals surface area contributed by atoms with E-state index < -0.39 is 0 Å². The van der Waals surface area contributed by atoms with Gasteiger partial charge in [0.05, 0.1) is 0 Å². The van der Waals surface area contributed by atoms with Gasteiger partial charge in [-0.15, -0.1) is 0 Å². The Hall–Kier alpha value is -1.11. The third-order valence-electron chi connectivity index (χ3n) is 3.33. The molecule has 13 heavy (non-hydrogen) atoms. The van der Waals surface area contributed by atoms with E-state index in [1.165, 1.54) is 29.5 Å². The first-order valence-electron chi connectivity index (χ1n) is 4.94. The number of Topliss-reactive ketones (excluding diaryl/α,β-unsaturated/α-hetero) is 1. The maximum Gasteiger partial charge on any atom is 0.166 e. The van der Waals surface area contributed by atoms with Gasteiger partial charge in [-0.05, 0) is 42.0 Å².